The zero-order valence-electron chi connectivity index (χ0n) is 20.9. The molecule has 0 aromatic heterocycles. The molecule has 0 radical (unpaired) electrons. The third-order valence-electron chi connectivity index (χ3n) is 6.79. The Balaban J connectivity index is 0.00000512. The zero-order valence-corrected chi connectivity index (χ0v) is 20.9. The Hall–Kier alpha value is -1.18. The topological polar surface area (TPSA) is 59.1 Å². The largest absolute Gasteiger partial charge is 0.354 e. The predicted molar refractivity (Wildman–Crippen MR) is 129 cm³/mol. The van der Waals surface area contributed by atoms with Crippen LogP contribution in [-0.2, 0) is 9.59 Å². The molecule has 0 bridgehead atoms. The second-order valence-electron chi connectivity index (χ2n) is 10.3. The molecule has 2 fully saturated rings. The molecule has 7 heteroatoms. The summed E-state index contributed by atoms with van der Waals surface area (Å²) in [6.45, 7) is 21.8. The van der Waals surface area contributed by atoms with Crippen LogP contribution in [0.5, 0.6) is 0 Å². The number of hydrogen-bond acceptors (Lipinski definition) is 5. The highest BCUT2D eigenvalue weighted by atomic mass is 16.2. The third kappa shape index (κ3) is 8.70. The SMILES string of the molecule is CC(C)C(=O)N1CCC(CN2CCN(CC(=O)NCCN(C(C)C)C(C)C)CC2)CC1.[HH]. The average molecular weight is 440 g/mol. The molecule has 2 saturated heterocycles. The van der Waals surface area contributed by atoms with Gasteiger partial charge in [-0.2, -0.15) is 0 Å². The zero-order chi connectivity index (χ0) is 23.0. The Morgan fingerprint density at radius 3 is 1.97 bits per heavy atom. The van der Waals surface area contributed by atoms with Gasteiger partial charge in [-0.15, -0.1) is 0 Å². The second-order valence-corrected chi connectivity index (χ2v) is 10.3. The van der Waals surface area contributed by atoms with Crippen molar-refractivity contribution >= 4 is 11.8 Å². The van der Waals surface area contributed by atoms with Gasteiger partial charge in [-0.1, -0.05) is 13.8 Å². The van der Waals surface area contributed by atoms with Gasteiger partial charge in [0.2, 0.25) is 11.8 Å². The van der Waals surface area contributed by atoms with Crippen LogP contribution in [0.4, 0.5) is 0 Å². The minimum Gasteiger partial charge on any atom is -0.354 e. The van der Waals surface area contributed by atoms with E-state index in [9.17, 15) is 9.59 Å². The van der Waals surface area contributed by atoms with Crippen LogP contribution in [0, 0.1) is 11.8 Å². The lowest BCUT2D eigenvalue weighted by Gasteiger charge is -2.39. The third-order valence-corrected chi connectivity index (χ3v) is 6.79. The molecular formula is C24H49N5O2. The summed E-state index contributed by atoms with van der Waals surface area (Å²) in [5, 5.41) is 3.10. The highest BCUT2D eigenvalue weighted by Gasteiger charge is 2.27. The van der Waals surface area contributed by atoms with Gasteiger partial charge in [0.05, 0.1) is 6.54 Å². The molecule has 0 aliphatic carbocycles. The van der Waals surface area contributed by atoms with Crippen molar-refractivity contribution in [2.75, 3.05) is 65.4 Å². The van der Waals surface area contributed by atoms with Gasteiger partial charge in [-0.05, 0) is 46.5 Å². The predicted octanol–water partition coefficient (Wildman–Crippen LogP) is 1.98. The van der Waals surface area contributed by atoms with Crippen LogP contribution in [-0.4, -0.2) is 109 Å². The van der Waals surface area contributed by atoms with Crippen LogP contribution in [0.1, 0.15) is 55.8 Å². The summed E-state index contributed by atoms with van der Waals surface area (Å²) in [4.78, 5) is 33.8. The second kappa shape index (κ2) is 12.8. The first-order chi connectivity index (χ1) is 14.7. The Morgan fingerprint density at radius 1 is 0.903 bits per heavy atom. The molecule has 7 nitrogen and oxygen atoms in total. The van der Waals surface area contributed by atoms with Crippen LogP contribution in [0.3, 0.4) is 0 Å². The lowest BCUT2D eigenvalue weighted by Crippen LogP contribution is -2.51. The van der Waals surface area contributed by atoms with E-state index in [2.05, 4.69) is 47.7 Å². The lowest BCUT2D eigenvalue weighted by atomic mass is 9.95. The molecule has 31 heavy (non-hydrogen) atoms. The van der Waals surface area contributed by atoms with Gasteiger partial charge >= 0.3 is 0 Å². The molecule has 2 heterocycles. The van der Waals surface area contributed by atoms with Crippen LogP contribution in [0.25, 0.3) is 0 Å². The minimum atomic E-state index is 0. The molecule has 2 aliphatic rings. The van der Waals surface area contributed by atoms with Crippen LogP contribution >= 0.6 is 0 Å². The first kappa shape index (κ1) is 26.1. The smallest absolute Gasteiger partial charge is 0.234 e. The van der Waals surface area contributed by atoms with Crippen molar-refractivity contribution < 1.29 is 11.0 Å². The number of amides is 2. The van der Waals surface area contributed by atoms with Crippen molar-refractivity contribution in [2.45, 2.75) is 66.5 Å². The number of nitrogens with zero attached hydrogens (tertiary/aromatic N) is 4. The van der Waals surface area contributed by atoms with Crippen LogP contribution in [0.15, 0.2) is 0 Å². The number of carbonyl (C=O) groups is 2. The van der Waals surface area contributed by atoms with Crippen molar-refractivity contribution in [3.8, 4) is 0 Å². The summed E-state index contributed by atoms with van der Waals surface area (Å²) in [5.74, 6) is 1.23. The van der Waals surface area contributed by atoms with E-state index >= 15 is 0 Å². The van der Waals surface area contributed by atoms with Gasteiger partial charge < -0.3 is 15.1 Å². The molecule has 182 valence electrons. The highest BCUT2D eigenvalue weighted by Crippen LogP contribution is 2.20. The van der Waals surface area contributed by atoms with Crippen molar-refractivity contribution in [3.63, 3.8) is 0 Å². The summed E-state index contributed by atoms with van der Waals surface area (Å²) in [6, 6.07) is 0.987. The highest BCUT2D eigenvalue weighted by molar-refractivity contribution is 5.78. The number of carbonyl (C=O) groups excluding carboxylic acids is 2. The Labute approximate surface area is 192 Å². The van der Waals surface area contributed by atoms with Gasteiger partial charge in [0.1, 0.15) is 0 Å². The fourth-order valence-electron chi connectivity index (χ4n) is 4.89. The van der Waals surface area contributed by atoms with E-state index in [1.54, 1.807) is 0 Å². The average Bonchev–Trinajstić information content (AvgIpc) is 2.72. The number of piperazine rings is 1. The number of rotatable bonds is 10. The Morgan fingerprint density at radius 2 is 1.45 bits per heavy atom. The van der Waals surface area contributed by atoms with Gasteiger partial charge in [-0.3, -0.25) is 19.4 Å². The van der Waals surface area contributed by atoms with Gasteiger partial charge in [0.25, 0.3) is 0 Å². The molecule has 2 rings (SSSR count). The molecular weight excluding hydrogens is 390 g/mol. The van der Waals surface area contributed by atoms with Gasteiger partial charge in [0.15, 0.2) is 0 Å². The molecule has 0 spiro atoms. The van der Waals surface area contributed by atoms with E-state index in [1.807, 2.05) is 18.7 Å². The normalized spacial score (nSPS) is 19.7. The number of piperidine rings is 1. The van der Waals surface area contributed by atoms with Crippen molar-refractivity contribution in [1.82, 2.24) is 24.9 Å². The quantitative estimate of drug-likeness (QED) is 0.564. The van der Waals surface area contributed by atoms with E-state index in [4.69, 9.17) is 0 Å². The Kier molecular flexibility index (Phi) is 10.7. The maximum Gasteiger partial charge on any atom is 0.234 e. The maximum atomic E-state index is 12.3. The van der Waals surface area contributed by atoms with E-state index in [-0.39, 0.29) is 13.3 Å². The van der Waals surface area contributed by atoms with Gasteiger partial charge in [0, 0.05) is 78.3 Å². The molecule has 0 atom stereocenters. The Bertz CT molecular complexity index is 549. The first-order valence-corrected chi connectivity index (χ1v) is 12.4. The van der Waals surface area contributed by atoms with E-state index in [0.29, 0.717) is 37.0 Å². The minimum absolute atomic E-state index is 0. The molecule has 0 aromatic rings. The lowest BCUT2D eigenvalue weighted by molar-refractivity contribution is -0.136. The first-order valence-electron chi connectivity index (χ1n) is 12.4. The fraction of sp³-hybridized carbons (Fsp3) is 0.917. The standard InChI is InChI=1S/C24H47N5O2.H2/c1-19(2)24(31)28-10-7-22(8-11-28)17-26-13-15-27(16-14-26)18-23(30)25-9-12-29(20(3)4)21(5)6;/h19-22H,7-18H2,1-6H3,(H,25,30);1H. The maximum absolute atomic E-state index is 12.3. The summed E-state index contributed by atoms with van der Waals surface area (Å²) in [6.07, 6.45) is 2.23. The number of nitrogens with one attached hydrogen (secondary N) is 1. The molecule has 0 saturated carbocycles. The molecule has 2 amide bonds. The van der Waals surface area contributed by atoms with Crippen molar-refractivity contribution in [3.05, 3.63) is 0 Å². The fourth-order valence-corrected chi connectivity index (χ4v) is 4.89. The monoisotopic (exact) mass is 439 g/mol. The molecule has 0 aromatic carbocycles. The summed E-state index contributed by atoms with van der Waals surface area (Å²) in [5.41, 5.74) is 0. The van der Waals surface area contributed by atoms with E-state index < -0.39 is 0 Å². The van der Waals surface area contributed by atoms with Crippen LogP contribution in [0.2, 0.25) is 0 Å². The number of likely N-dealkylation sites (tertiary alicyclic amines) is 1. The van der Waals surface area contributed by atoms with E-state index in [1.165, 1.54) is 0 Å². The molecule has 2 aliphatic heterocycles. The summed E-state index contributed by atoms with van der Waals surface area (Å²) < 4.78 is 0. The van der Waals surface area contributed by atoms with Crippen LogP contribution < -0.4 is 5.32 Å². The number of hydrogen-bond donors (Lipinski definition) is 1. The molecule has 1 N–H and O–H groups in total. The van der Waals surface area contributed by atoms with Crippen molar-refractivity contribution in [1.29, 1.82) is 0 Å². The molecule has 0 unspecified atom stereocenters. The van der Waals surface area contributed by atoms with Crippen molar-refractivity contribution in [2.24, 2.45) is 11.8 Å². The summed E-state index contributed by atoms with van der Waals surface area (Å²) >= 11 is 0. The summed E-state index contributed by atoms with van der Waals surface area (Å²) in [7, 11) is 0. The van der Waals surface area contributed by atoms with E-state index in [0.717, 1.165) is 65.2 Å². The van der Waals surface area contributed by atoms with Gasteiger partial charge in [-0.25, -0.2) is 0 Å².